The van der Waals surface area contributed by atoms with Gasteiger partial charge in [-0.2, -0.15) is 5.10 Å². The number of esters is 1. The predicted molar refractivity (Wildman–Crippen MR) is 100 cm³/mol. The zero-order valence-corrected chi connectivity index (χ0v) is 15.5. The number of hydrogen-bond donors (Lipinski definition) is 2. The fraction of sp³-hybridized carbons (Fsp3) is 0.421. The molecule has 8 heteroatoms. The Labute approximate surface area is 157 Å². The Kier molecular flexibility index (Phi) is 6.08. The Balaban J connectivity index is 1.57. The summed E-state index contributed by atoms with van der Waals surface area (Å²) in [6.45, 7) is 4.75. The van der Waals surface area contributed by atoms with Gasteiger partial charge < -0.3 is 20.1 Å². The molecule has 0 bridgehead atoms. The first-order valence-electron chi connectivity index (χ1n) is 9.09. The van der Waals surface area contributed by atoms with E-state index in [1.807, 2.05) is 6.92 Å². The minimum atomic E-state index is -0.452. The van der Waals surface area contributed by atoms with Crippen LogP contribution in [0.25, 0.3) is 5.69 Å². The van der Waals surface area contributed by atoms with Gasteiger partial charge in [0, 0.05) is 18.5 Å². The first kappa shape index (κ1) is 18.9. The monoisotopic (exact) mass is 372 g/mol. The molecule has 0 aliphatic carbocycles. The molecule has 0 spiro atoms. The van der Waals surface area contributed by atoms with Crippen LogP contribution in [0.3, 0.4) is 0 Å². The van der Waals surface area contributed by atoms with Gasteiger partial charge in [-0.3, -0.25) is 0 Å². The SMILES string of the molecule is CCOC(=O)c1ccn(-c2ccc(NC(=O)N[C@@H](C)[C@H]3CCCO3)cc2)n1. The Morgan fingerprint density at radius 2 is 2.11 bits per heavy atom. The summed E-state index contributed by atoms with van der Waals surface area (Å²) >= 11 is 0. The summed E-state index contributed by atoms with van der Waals surface area (Å²) in [5.41, 5.74) is 1.68. The van der Waals surface area contributed by atoms with Gasteiger partial charge in [-0.1, -0.05) is 0 Å². The van der Waals surface area contributed by atoms with Gasteiger partial charge in [-0.15, -0.1) is 0 Å². The van der Waals surface area contributed by atoms with E-state index in [-0.39, 0.29) is 23.9 Å². The molecule has 1 aliphatic heterocycles. The van der Waals surface area contributed by atoms with E-state index in [1.165, 1.54) is 0 Å². The van der Waals surface area contributed by atoms with Crippen molar-refractivity contribution >= 4 is 17.7 Å². The highest BCUT2D eigenvalue weighted by molar-refractivity contribution is 5.89. The molecule has 0 unspecified atom stereocenters. The molecule has 2 aromatic rings. The van der Waals surface area contributed by atoms with Gasteiger partial charge in [0.1, 0.15) is 0 Å². The molecule has 2 N–H and O–H groups in total. The number of aromatic nitrogens is 2. The first-order valence-corrected chi connectivity index (χ1v) is 9.09. The van der Waals surface area contributed by atoms with Crippen LogP contribution >= 0.6 is 0 Å². The van der Waals surface area contributed by atoms with E-state index in [0.717, 1.165) is 25.1 Å². The van der Waals surface area contributed by atoms with Crippen molar-refractivity contribution in [2.24, 2.45) is 0 Å². The van der Waals surface area contributed by atoms with Gasteiger partial charge in [-0.25, -0.2) is 14.3 Å². The topological polar surface area (TPSA) is 94.5 Å². The number of anilines is 1. The molecule has 1 aliphatic rings. The van der Waals surface area contributed by atoms with Crippen molar-refractivity contribution in [2.45, 2.75) is 38.8 Å². The number of amides is 2. The number of nitrogens with zero attached hydrogens (tertiary/aromatic N) is 2. The number of hydrogen-bond acceptors (Lipinski definition) is 5. The third-order valence-electron chi connectivity index (χ3n) is 4.34. The maximum absolute atomic E-state index is 12.1. The number of carbonyl (C=O) groups excluding carboxylic acids is 2. The molecule has 144 valence electrons. The quantitative estimate of drug-likeness (QED) is 0.761. The minimum absolute atomic E-state index is 0.0443. The zero-order chi connectivity index (χ0) is 19.2. The molecule has 0 saturated carbocycles. The summed E-state index contributed by atoms with van der Waals surface area (Å²) in [6, 6.07) is 8.45. The van der Waals surface area contributed by atoms with Crippen LogP contribution in [0, 0.1) is 0 Å². The van der Waals surface area contributed by atoms with Crippen molar-refractivity contribution in [3.8, 4) is 5.69 Å². The first-order chi connectivity index (χ1) is 13.1. The van der Waals surface area contributed by atoms with Gasteiger partial charge in [0.25, 0.3) is 0 Å². The Bertz CT molecular complexity index is 781. The summed E-state index contributed by atoms with van der Waals surface area (Å²) in [7, 11) is 0. The number of urea groups is 1. The molecular formula is C19H24N4O4. The third kappa shape index (κ3) is 4.85. The van der Waals surface area contributed by atoms with Gasteiger partial charge >= 0.3 is 12.0 Å². The van der Waals surface area contributed by atoms with Crippen molar-refractivity contribution in [1.29, 1.82) is 0 Å². The Morgan fingerprint density at radius 3 is 2.78 bits per heavy atom. The second-order valence-corrected chi connectivity index (χ2v) is 6.35. The van der Waals surface area contributed by atoms with Gasteiger partial charge in [-0.05, 0) is 57.0 Å². The largest absolute Gasteiger partial charge is 0.461 e. The van der Waals surface area contributed by atoms with Crippen LogP contribution in [0.15, 0.2) is 36.5 Å². The van der Waals surface area contributed by atoms with Crippen LogP contribution in [0.2, 0.25) is 0 Å². The van der Waals surface area contributed by atoms with Crippen molar-refractivity contribution in [2.75, 3.05) is 18.5 Å². The molecule has 0 radical (unpaired) electrons. The fourth-order valence-electron chi connectivity index (χ4n) is 2.94. The molecule has 2 amide bonds. The molecule has 1 aromatic heterocycles. The minimum Gasteiger partial charge on any atom is -0.461 e. The maximum Gasteiger partial charge on any atom is 0.358 e. The summed E-state index contributed by atoms with van der Waals surface area (Å²) in [5, 5.41) is 9.91. The van der Waals surface area contributed by atoms with Crippen molar-refractivity contribution in [1.82, 2.24) is 15.1 Å². The molecule has 2 heterocycles. The maximum atomic E-state index is 12.1. The van der Waals surface area contributed by atoms with Crippen LogP contribution in [0.5, 0.6) is 0 Å². The molecule has 1 saturated heterocycles. The average Bonchev–Trinajstić information content (AvgIpc) is 3.35. The van der Waals surface area contributed by atoms with Crippen LogP contribution < -0.4 is 10.6 Å². The summed E-state index contributed by atoms with van der Waals surface area (Å²) < 4.78 is 12.1. The zero-order valence-electron chi connectivity index (χ0n) is 15.5. The highest BCUT2D eigenvalue weighted by Crippen LogP contribution is 2.16. The van der Waals surface area contributed by atoms with Crippen molar-refractivity contribution < 1.29 is 19.1 Å². The van der Waals surface area contributed by atoms with E-state index in [1.54, 1.807) is 48.1 Å². The summed E-state index contributed by atoms with van der Waals surface area (Å²) in [6.07, 6.45) is 3.76. The van der Waals surface area contributed by atoms with E-state index in [9.17, 15) is 9.59 Å². The third-order valence-corrected chi connectivity index (χ3v) is 4.34. The summed E-state index contributed by atoms with van der Waals surface area (Å²) in [4.78, 5) is 23.8. The lowest BCUT2D eigenvalue weighted by Crippen LogP contribution is -2.42. The molecule has 27 heavy (non-hydrogen) atoms. The number of ether oxygens (including phenoxy) is 2. The molecule has 1 aromatic carbocycles. The molecule has 8 nitrogen and oxygen atoms in total. The molecular weight excluding hydrogens is 348 g/mol. The lowest BCUT2D eigenvalue weighted by Gasteiger charge is -2.20. The van der Waals surface area contributed by atoms with Gasteiger partial charge in [0.05, 0.1) is 24.4 Å². The van der Waals surface area contributed by atoms with E-state index < -0.39 is 5.97 Å². The standard InChI is InChI=1S/C19H24N4O4/c1-3-26-18(24)16-10-11-23(22-16)15-8-6-14(7-9-15)21-19(25)20-13(2)17-5-4-12-27-17/h6-11,13,17H,3-5,12H2,1-2H3,(H2,20,21,25)/t13-,17+/m0/s1. The smallest absolute Gasteiger partial charge is 0.358 e. The van der Waals surface area contributed by atoms with Gasteiger partial charge in [0.15, 0.2) is 5.69 Å². The van der Waals surface area contributed by atoms with Crippen molar-refractivity contribution in [3.05, 3.63) is 42.2 Å². The fourth-order valence-corrected chi connectivity index (χ4v) is 2.94. The molecule has 2 atom stereocenters. The van der Waals surface area contributed by atoms with Gasteiger partial charge in [0.2, 0.25) is 0 Å². The lowest BCUT2D eigenvalue weighted by atomic mass is 10.1. The van der Waals surface area contributed by atoms with E-state index in [2.05, 4.69) is 15.7 Å². The van der Waals surface area contributed by atoms with E-state index in [0.29, 0.717) is 12.3 Å². The highest BCUT2D eigenvalue weighted by atomic mass is 16.5. The number of rotatable bonds is 6. The Morgan fingerprint density at radius 1 is 1.33 bits per heavy atom. The predicted octanol–water partition coefficient (Wildman–Crippen LogP) is 2.74. The van der Waals surface area contributed by atoms with Crippen molar-refractivity contribution in [3.63, 3.8) is 0 Å². The number of carbonyl (C=O) groups is 2. The highest BCUT2D eigenvalue weighted by Gasteiger charge is 2.23. The Hall–Kier alpha value is -2.87. The average molecular weight is 372 g/mol. The second kappa shape index (κ2) is 8.68. The number of nitrogens with one attached hydrogen (secondary N) is 2. The normalized spacial score (nSPS) is 17.3. The summed E-state index contributed by atoms with van der Waals surface area (Å²) in [5.74, 6) is -0.452. The lowest BCUT2D eigenvalue weighted by molar-refractivity contribution is 0.0519. The van der Waals surface area contributed by atoms with Crippen LogP contribution in [0.4, 0.5) is 10.5 Å². The molecule has 1 fully saturated rings. The van der Waals surface area contributed by atoms with E-state index >= 15 is 0 Å². The second-order valence-electron chi connectivity index (χ2n) is 6.35. The van der Waals surface area contributed by atoms with Crippen LogP contribution in [-0.4, -0.2) is 47.1 Å². The molecule has 3 rings (SSSR count). The van der Waals surface area contributed by atoms with Crippen LogP contribution in [-0.2, 0) is 9.47 Å². The van der Waals surface area contributed by atoms with Crippen LogP contribution in [0.1, 0.15) is 37.2 Å². The number of benzene rings is 1. The van der Waals surface area contributed by atoms with E-state index in [4.69, 9.17) is 9.47 Å².